The minimum absolute atomic E-state index is 0.174. The van der Waals surface area contributed by atoms with Gasteiger partial charge in [-0.2, -0.15) is 13.2 Å². The lowest BCUT2D eigenvalue weighted by molar-refractivity contribution is -0.892. The number of halogens is 4. The first-order valence-electron chi connectivity index (χ1n) is 8.49. The van der Waals surface area contributed by atoms with Crippen molar-refractivity contribution < 1.29 is 22.9 Å². The van der Waals surface area contributed by atoms with Crippen molar-refractivity contribution in [3.8, 4) is 0 Å². The summed E-state index contributed by atoms with van der Waals surface area (Å²) in [6, 6.07) is 8.69. The predicted octanol–water partition coefficient (Wildman–Crippen LogP) is 2.10. The number of benzene rings is 1. The van der Waals surface area contributed by atoms with Gasteiger partial charge in [0.2, 0.25) is 0 Å². The van der Waals surface area contributed by atoms with Gasteiger partial charge in [0.15, 0.2) is 11.7 Å². The van der Waals surface area contributed by atoms with E-state index in [1.165, 1.54) is 18.3 Å². The third-order valence-electron chi connectivity index (χ3n) is 4.45. The van der Waals surface area contributed by atoms with Gasteiger partial charge in [0.05, 0.1) is 37.4 Å². The van der Waals surface area contributed by atoms with E-state index in [1.807, 2.05) is 4.90 Å². The van der Waals surface area contributed by atoms with Crippen LogP contribution in [0.1, 0.15) is 5.56 Å². The third kappa shape index (κ3) is 5.11. The molecule has 0 saturated carbocycles. The first kappa shape index (κ1) is 19.4. The average molecular weight is 400 g/mol. The normalized spacial score (nSPS) is 15.6. The number of quaternary nitrogens is 1. The van der Waals surface area contributed by atoms with E-state index < -0.39 is 11.7 Å². The second kappa shape index (κ2) is 8.14. The lowest BCUT2D eigenvalue weighted by Crippen LogP contribution is -3.15. The molecule has 0 spiro atoms. The largest absolute Gasteiger partial charge is 0.416 e. The average Bonchev–Trinajstić information content (AvgIpc) is 2.64. The number of nitrogens with zero attached hydrogens (tertiary/aromatic N) is 2. The van der Waals surface area contributed by atoms with Crippen LogP contribution < -0.4 is 15.1 Å². The molecule has 2 heterocycles. The predicted molar refractivity (Wildman–Crippen MR) is 97.1 cm³/mol. The molecule has 2 N–H and O–H groups in total. The van der Waals surface area contributed by atoms with E-state index in [4.69, 9.17) is 11.6 Å². The van der Waals surface area contributed by atoms with Gasteiger partial charge < -0.3 is 15.1 Å². The van der Waals surface area contributed by atoms with Crippen LogP contribution in [0.3, 0.4) is 0 Å². The van der Waals surface area contributed by atoms with Crippen LogP contribution in [0.15, 0.2) is 42.6 Å². The van der Waals surface area contributed by atoms with E-state index >= 15 is 0 Å². The first-order valence-corrected chi connectivity index (χ1v) is 8.87. The van der Waals surface area contributed by atoms with Crippen LogP contribution >= 0.6 is 11.6 Å². The quantitative estimate of drug-likeness (QED) is 0.774. The molecule has 5 nitrogen and oxygen atoms in total. The number of carbonyl (C=O) groups excluding carboxylic acids is 1. The molecule has 144 valence electrons. The van der Waals surface area contributed by atoms with Crippen LogP contribution in [0.2, 0.25) is 5.15 Å². The summed E-state index contributed by atoms with van der Waals surface area (Å²) in [6.45, 7) is 2.74. The maximum absolute atomic E-state index is 12.9. The Hall–Kier alpha value is -2.32. The van der Waals surface area contributed by atoms with Gasteiger partial charge in [-0.25, -0.2) is 4.98 Å². The number of carbonyl (C=O) groups is 1. The maximum atomic E-state index is 12.9. The molecule has 1 aliphatic rings. The lowest BCUT2D eigenvalue weighted by Gasteiger charge is -2.33. The number of hydrogen-bond acceptors (Lipinski definition) is 3. The van der Waals surface area contributed by atoms with Gasteiger partial charge in [0, 0.05) is 11.9 Å². The number of amides is 1. The zero-order valence-corrected chi connectivity index (χ0v) is 15.1. The van der Waals surface area contributed by atoms with Crippen molar-refractivity contribution >= 4 is 28.9 Å². The molecule has 1 amide bonds. The molecule has 9 heteroatoms. The SMILES string of the molecule is O=C(C[NH+]1CCN(c2cccc(C(F)(F)F)c2)CC1)Nc1cccnc1Cl. The van der Waals surface area contributed by atoms with E-state index in [2.05, 4.69) is 10.3 Å². The molecule has 0 unspecified atom stereocenters. The standard InChI is InChI=1S/C18H18ClF3N4O/c19-17-15(5-2-6-23-17)24-16(27)12-25-7-9-26(10-8-25)14-4-1-3-13(11-14)18(20,21)22/h1-6,11H,7-10,12H2,(H,24,27)/p+1. The smallest absolute Gasteiger partial charge is 0.360 e. The summed E-state index contributed by atoms with van der Waals surface area (Å²) >= 11 is 5.92. The number of alkyl halides is 3. The molecule has 1 aromatic heterocycles. The van der Waals surface area contributed by atoms with Crippen molar-refractivity contribution in [2.75, 3.05) is 42.9 Å². The Labute approximate surface area is 159 Å². The number of rotatable bonds is 4. The van der Waals surface area contributed by atoms with Crippen molar-refractivity contribution in [2.24, 2.45) is 0 Å². The minimum atomic E-state index is -4.35. The summed E-state index contributed by atoms with van der Waals surface area (Å²) in [6.07, 6.45) is -2.81. The van der Waals surface area contributed by atoms with Gasteiger partial charge in [-0.3, -0.25) is 4.79 Å². The van der Waals surface area contributed by atoms with Crippen molar-refractivity contribution in [1.29, 1.82) is 0 Å². The van der Waals surface area contributed by atoms with Gasteiger partial charge in [-0.15, -0.1) is 0 Å². The highest BCUT2D eigenvalue weighted by Gasteiger charge is 2.31. The molecule has 0 atom stereocenters. The third-order valence-corrected chi connectivity index (χ3v) is 4.75. The molecule has 1 fully saturated rings. The van der Waals surface area contributed by atoms with E-state index in [-0.39, 0.29) is 17.6 Å². The molecule has 2 aromatic rings. The molecule has 0 bridgehead atoms. The van der Waals surface area contributed by atoms with Crippen LogP contribution in [0.5, 0.6) is 0 Å². The fourth-order valence-corrected chi connectivity index (χ4v) is 3.20. The van der Waals surface area contributed by atoms with Gasteiger partial charge in [0.1, 0.15) is 0 Å². The maximum Gasteiger partial charge on any atom is 0.416 e. The molecule has 0 aliphatic carbocycles. The van der Waals surface area contributed by atoms with Crippen molar-refractivity contribution in [2.45, 2.75) is 6.18 Å². The highest BCUT2D eigenvalue weighted by atomic mass is 35.5. The van der Waals surface area contributed by atoms with Crippen LogP contribution in [-0.4, -0.2) is 43.6 Å². The van der Waals surface area contributed by atoms with E-state index in [1.54, 1.807) is 18.2 Å². The minimum Gasteiger partial charge on any atom is -0.360 e. The molecular formula is C18H19ClF3N4O+. The highest BCUT2D eigenvalue weighted by molar-refractivity contribution is 6.32. The Morgan fingerprint density at radius 2 is 1.96 bits per heavy atom. The van der Waals surface area contributed by atoms with E-state index in [9.17, 15) is 18.0 Å². The Kier molecular flexibility index (Phi) is 5.86. The van der Waals surface area contributed by atoms with Gasteiger partial charge in [0.25, 0.3) is 5.91 Å². The van der Waals surface area contributed by atoms with Gasteiger partial charge in [-0.05, 0) is 30.3 Å². The summed E-state index contributed by atoms with van der Waals surface area (Å²) in [5.74, 6) is -0.174. The zero-order valence-electron chi connectivity index (χ0n) is 14.4. The zero-order chi connectivity index (χ0) is 19.4. The van der Waals surface area contributed by atoms with Crippen LogP contribution in [0, 0.1) is 0 Å². The molecule has 1 saturated heterocycles. The fourth-order valence-electron chi connectivity index (χ4n) is 3.04. The monoisotopic (exact) mass is 399 g/mol. The summed E-state index contributed by atoms with van der Waals surface area (Å²) in [5, 5.41) is 2.96. The van der Waals surface area contributed by atoms with Crippen molar-refractivity contribution in [1.82, 2.24) is 4.98 Å². The number of hydrogen-bond donors (Lipinski definition) is 2. The van der Waals surface area contributed by atoms with Gasteiger partial charge >= 0.3 is 6.18 Å². The summed E-state index contributed by atoms with van der Waals surface area (Å²) in [7, 11) is 0. The van der Waals surface area contributed by atoms with Crippen LogP contribution in [-0.2, 0) is 11.0 Å². The first-order chi connectivity index (χ1) is 12.8. The number of piperazine rings is 1. The Morgan fingerprint density at radius 3 is 2.63 bits per heavy atom. The molecule has 3 rings (SSSR count). The van der Waals surface area contributed by atoms with Gasteiger partial charge in [-0.1, -0.05) is 17.7 Å². The number of anilines is 2. The molecule has 0 radical (unpaired) electrons. The van der Waals surface area contributed by atoms with Crippen LogP contribution in [0.25, 0.3) is 0 Å². The fraction of sp³-hybridized carbons (Fsp3) is 0.333. The number of nitrogens with one attached hydrogen (secondary N) is 2. The lowest BCUT2D eigenvalue weighted by atomic mass is 10.1. The Balaban J connectivity index is 1.53. The number of pyridine rings is 1. The second-order valence-electron chi connectivity index (χ2n) is 6.35. The summed E-state index contributed by atoms with van der Waals surface area (Å²) in [5.41, 5.74) is 0.365. The molecule has 1 aliphatic heterocycles. The second-order valence-corrected chi connectivity index (χ2v) is 6.71. The Morgan fingerprint density at radius 1 is 1.22 bits per heavy atom. The Bertz CT molecular complexity index is 807. The molecule has 27 heavy (non-hydrogen) atoms. The van der Waals surface area contributed by atoms with Crippen LogP contribution in [0.4, 0.5) is 24.5 Å². The summed E-state index contributed by atoms with van der Waals surface area (Å²) < 4.78 is 38.6. The van der Waals surface area contributed by atoms with E-state index in [0.29, 0.717) is 37.6 Å². The molecule has 1 aromatic carbocycles. The van der Waals surface area contributed by atoms with E-state index in [0.717, 1.165) is 11.0 Å². The van der Waals surface area contributed by atoms with Crippen molar-refractivity contribution in [3.05, 3.63) is 53.3 Å². The summed E-state index contributed by atoms with van der Waals surface area (Å²) in [4.78, 5) is 19.1. The van der Waals surface area contributed by atoms with Crippen molar-refractivity contribution in [3.63, 3.8) is 0 Å². The highest BCUT2D eigenvalue weighted by Crippen LogP contribution is 2.31. The topological polar surface area (TPSA) is 49.7 Å². The number of aromatic nitrogens is 1. The molecular weight excluding hydrogens is 381 g/mol.